The topological polar surface area (TPSA) is 12.0 Å². The Hall–Kier alpha value is -0.830. The lowest BCUT2D eigenvalue weighted by atomic mass is 10.00. The van der Waals surface area contributed by atoms with Gasteiger partial charge in [0.1, 0.15) is 0 Å². The van der Waals surface area contributed by atoms with Crippen molar-refractivity contribution in [3.8, 4) is 0 Å². The summed E-state index contributed by atoms with van der Waals surface area (Å²) in [5, 5.41) is 3.61. The molecule has 0 aliphatic carbocycles. The van der Waals surface area contributed by atoms with E-state index in [-0.39, 0.29) is 6.04 Å². The molecule has 1 aromatic heterocycles. The van der Waals surface area contributed by atoms with Crippen molar-refractivity contribution >= 4 is 22.9 Å². The molecule has 0 bridgehead atoms. The van der Waals surface area contributed by atoms with Gasteiger partial charge in [-0.15, -0.1) is 11.3 Å². The summed E-state index contributed by atoms with van der Waals surface area (Å²) in [6.45, 7) is 5.35. The average molecular weight is 280 g/mol. The van der Waals surface area contributed by atoms with Gasteiger partial charge in [0.15, 0.2) is 0 Å². The van der Waals surface area contributed by atoms with Crippen LogP contribution in [0.4, 0.5) is 0 Å². The summed E-state index contributed by atoms with van der Waals surface area (Å²) < 4.78 is 0.849. The molecule has 0 radical (unpaired) electrons. The zero-order valence-electron chi connectivity index (χ0n) is 10.7. The predicted octanol–water partition coefficient (Wildman–Crippen LogP) is 4.80. The Morgan fingerprint density at radius 2 is 2.00 bits per heavy atom. The van der Waals surface area contributed by atoms with Gasteiger partial charge in [-0.1, -0.05) is 42.8 Å². The first-order chi connectivity index (χ1) is 8.72. The summed E-state index contributed by atoms with van der Waals surface area (Å²) in [5.41, 5.74) is 2.65. The van der Waals surface area contributed by atoms with E-state index in [1.54, 1.807) is 11.3 Å². The van der Waals surface area contributed by atoms with Gasteiger partial charge in [-0.25, -0.2) is 0 Å². The Morgan fingerprint density at radius 3 is 2.61 bits per heavy atom. The maximum atomic E-state index is 6.06. The third kappa shape index (κ3) is 3.14. The molecule has 1 unspecified atom stereocenters. The summed E-state index contributed by atoms with van der Waals surface area (Å²) in [6, 6.07) is 12.9. The minimum Gasteiger partial charge on any atom is -0.306 e. The molecule has 0 spiro atoms. The molecular formula is C15H18ClNS. The van der Waals surface area contributed by atoms with Gasteiger partial charge in [0, 0.05) is 4.88 Å². The first kappa shape index (κ1) is 13.6. The summed E-state index contributed by atoms with van der Waals surface area (Å²) in [7, 11) is 0. The van der Waals surface area contributed by atoms with Crippen molar-refractivity contribution < 1.29 is 0 Å². The average Bonchev–Trinajstić information content (AvgIpc) is 2.78. The highest BCUT2D eigenvalue weighted by Gasteiger charge is 2.16. The minimum absolute atomic E-state index is 0.253. The van der Waals surface area contributed by atoms with E-state index in [0.29, 0.717) is 0 Å². The maximum absolute atomic E-state index is 6.06. The molecule has 1 nitrogen and oxygen atoms in total. The van der Waals surface area contributed by atoms with E-state index in [2.05, 4.69) is 49.5 Å². The normalized spacial score (nSPS) is 12.6. The second-order valence-corrected chi connectivity index (χ2v) is 6.13. The van der Waals surface area contributed by atoms with Gasteiger partial charge in [-0.2, -0.15) is 0 Å². The fourth-order valence-electron chi connectivity index (χ4n) is 2.05. The number of hydrogen-bond donors (Lipinski definition) is 1. The van der Waals surface area contributed by atoms with Gasteiger partial charge in [0.2, 0.25) is 0 Å². The number of aryl methyl sites for hydroxylation is 1. The first-order valence-corrected chi connectivity index (χ1v) is 7.46. The molecule has 96 valence electrons. The van der Waals surface area contributed by atoms with Gasteiger partial charge in [-0.05, 0) is 43.1 Å². The Bertz CT molecular complexity index is 507. The Labute approximate surface area is 118 Å². The molecule has 3 heteroatoms. The van der Waals surface area contributed by atoms with E-state index in [1.807, 2.05) is 6.07 Å². The highest BCUT2D eigenvalue weighted by molar-refractivity contribution is 7.16. The lowest BCUT2D eigenvalue weighted by Gasteiger charge is -2.19. The van der Waals surface area contributed by atoms with Crippen molar-refractivity contribution in [2.75, 3.05) is 6.54 Å². The third-order valence-electron chi connectivity index (χ3n) is 2.98. The summed E-state index contributed by atoms with van der Waals surface area (Å²) in [4.78, 5) is 1.28. The van der Waals surface area contributed by atoms with E-state index in [1.165, 1.54) is 16.0 Å². The lowest BCUT2D eigenvalue weighted by Crippen LogP contribution is -2.23. The van der Waals surface area contributed by atoms with Crippen LogP contribution in [0.5, 0.6) is 0 Å². The van der Waals surface area contributed by atoms with Crippen LogP contribution in [0.3, 0.4) is 0 Å². The van der Waals surface area contributed by atoms with Gasteiger partial charge < -0.3 is 5.32 Å². The number of nitrogens with one attached hydrogen (secondary N) is 1. The molecule has 0 amide bonds. The van der Waals surface area contributed by atoms with Crippen LogP contribution in [-0.2, 0) is 0 Å². The van der Waals surface area contributed by atoms with E-state index in [0.717, 1.165) is 17.3 Å². The number of benzene rings is 1. The highest BCUT2D eigenvalue weighted by atomic mass is 35.5. The van der Waals surface area contributed by atoms with Crippen LogP contribution in [0.15, 0.2) is 36.4 Å². The van der Waals surface area contributed by atoms with Crippen LogP contribution < -0.4 is 5.32 Å². The van der Waals surface area contributed by atoms with Crippen LogP contribution >= 0.6 is 22.9 Å². The molecule has 1 atom stereocenters. The largest absolute Gasteiger partial charge is 0.306 e. The fraction of sp³-hybridized carbons (Fsp3) is 0.333. The fourth-order valence-corrected chi connectivity index (χ4v) is 3.20. The van der Waals surface area contributed by atoms with Crippen molar-refractivity contribution in [2.24, 2.45) is 0 Å². The molecule has 0 saturated heterocycles. The minimum atomic E-state index is 0.253. The van der Waals surface area contributed by atoms with E-state index >= 15 is 0 Å². The summed E-state index contributed by atoms with van der Waals surface area (Å²) in [6.07, 6.45) is 1.13. The molecule has 18 heavy (non-hydrogen) atoms. The van der Waals surface area contributed by atoms with Crippen molar-refractivity contribution in [1.29, 1.82) is 0 Å². The monoisotopic (exact) mass is 279 g/mol. The molecule has 1 N–H and O–H groups in total. The number of halogens is 1. The van der Waals surface area contributed by atoms with E-state index in [9.17, 15) is 0 Å². The lowest BCUT2D eigenvalue weighted by molar-refractivity contribution is 0.603. The van der Waals surface area contributed by atoms with Crippen LogP contribution in [0.25, 0.3) is 0 Å². The van der Waals surface area contributed by atoms with Gasteiger partial charge in [0.25, 0.3) is 0 Å². The van der Waals surface area contributed by atoms with Crippen molar-refractivity contribution in [3.05, 3.63) is 56.7 Å². The van der Waals surface area contributed by atoms with Crippen molar-refractivity contribution in [2.45, 2.75) is 26.3 Å². The highest BCUT2D eigenvalue weighted by Crippen LogP contribution is 2.32. The molecule has 1 aromatic carbocycles. The van der Waals surface area contributed by atoms with E-state index in [4.69, 9.17) is 11.6 Å². The Balaban J connectivity index is 2.33. The van der Waals surface area contributed by atoms with Crippen LogP contribution in [0, 0.1) is 6.92 Å². The molecule has 1 heterocycles. The molecule has 2 aromatic rings. The molecule has 0 fully saturated rings. The Morgan fingerprint density at radius 1 is 1.22 bits per heavy atom. The summed E-state index contributed by atoms with van der Waals surface area (Å²) >= 11 is 7.71. The number of hydrogen-bond acceptors (Lipinski definition) is 2. The van der Waals surface area contributed by atoms with Crippen molar-refractivity contribution in [3.63, 3.8) is 0 Å². The summed E-state index contributed by atoms with van der Waals surface area (Å²) in [5.74, 6) is 0. The van der Waals surface area contributed by atoms with E-state index < -0.39 is 0 Å². The molecular weight excluding hydrogens is 262 g/mol. The first-order valence-electron chi connectivity index (χ1n) is 6.26. The maximum Gasteiger partial charge on any atom is 0.0931 e. The molecule has 0 aliphatic rings. The van der Waals surface area contributed by atoms with Gasteiger partial charge >= 0.3 is 0 Å². The quantitative estimate of drug-likeness (QED) is 0.829. The van der Waals surface area contributed by atoms with Crippen LogP contribution in [0.1, 0.15) is 35.4 Å². The van der Waals surface area contributed by atoms with Crippen LogP contribution in [0.2, 0.25) is 4.34 Å². The molecule has 2 rings (SSSR count). The predicted molar refractivity (Wildman–Crippen MR) is 80.6 cm³/mol. The number of rotatable bonds is 5. The Kier molecular flexibility index (Phi) is 4.81. The zero-order chi connectivity index (χ0) is 13.0. The third-order valence-corrected chi connectivity index (χ3v) is 4.27. The zero-order valence-corrected chi connectivity index (χ0v) is 12.3. The second kappa shape index (κ2) is 6.37. The van der Waals surface area contributed by atoms with Gasteiger partial charge in [-0.3, -0.25) is 0 Å². The number of thiophene rings is 1. The SMILES string of the molecule is CCCNC(c1ccc(Cl)s1)c1ccccc1C. The molecule has 0 saturated carbocycles. The van der Waals surface area contributed by atoms with Crippen molar-refractivity contribution in [1.82, 2.24) is 5.32 Å². The smallest absolute Gasteiger partial charge is 0.0931 e. The standard InChI is InChI=1S/C15H18ClNS/c1-3-10-17-15(13-8-9-14(16)18-13)12-7-5-4-6-11(12)2/h4-9,15,17H,3,10H2,1-2H3. The van der Waals surface area contributed by atoms with Gasteiger partial charge in [0.05, 0.1) is 10.4 Å². The van der Waals surface area contributed by atoms with Crippen LogP contribution in [-0.4, -0.2) is 6.54 Å². The second-order valence-electron chi connectivity index (χ2n) is 4.39. The molecule has 0 aliphatic heterocycles.